The van der Waals surface area contributed by atoms with Crippen molar-refractivity contribution in [2.45, 2.75) is 38.6 Å². The van der Waals surface area contributed by atoms with Gasteiger partial charge in [-0.1, -0.05) is 26.2 Å². The number of nitrogens with one attached hydrogen (secondary N) is 1. The van der Waals surface area contributed by atoms with Crippen LogP contribution in [0.4, 0.5) is 0 Å². The predicted octanol–water partition coefficient (Wildman–Crippen LogP) is 4.80. The van der Waals surface area contributed by atoms with Crippen LogP contribution in [0.1, 0.15) is 43.5 Å². The molecule has 1 unspecified atom stereocenters. The molecule has 0 spiro atoms. The Bertz CT molecular complexity index is 401. The second-order valence-corrected chi connectivity index (χ2v) is 6.20. The van der Waals surface area contributed by atoms with Crippen molar-refractivity contribution in [3.8, 4) is 0 Å². The maximum atomic E-state index is 3.44. The highest BCUT2D eigenvalue weighted by Crippen LogP contribution is 2.34. The van der Waals surface area contributed by atoms with Crippen molar-refractivity contribution < 1.29 is 0 Å². The molecule has 2 aromatic heterocycles. The molecule has 1 atom stereocenters. The standard InChI is InChI=1S/C13H19NS2/c1-3-4-5-6-10(14-2)12-9-13-11(16-12)7-8-15-13/h7-10,14H,3-6H2,1-2H3. The third-order valence-electron chi connectivity index (χ3n) is 2.95. The van der Waals surface area contributed by atoms with Crippen molar-refractivity contribution in [1.82, 2.24) is 5.32 Å². The summed E-state index contributed by atoms with van der Waals surface area (Å²) in [6.07, 6.45) is 5.24. The number of unbranched alkanes of at least 4 members (excludes halogenated alkanes) is 2. The molecule has 16 heavy (non-hydrogen) atoms. The summed E-state index contributed by atoms with van der Waals surface area (Å²) in [5.41, 5.74) is 0. The molecular formula is C13H19NS2. The van der Waals surface area contributed by atoms with E-state index in [1.165, 1.54) is 40.0 Å². The molecule has 2 aromatic rings. The SMILES string of the molecule is CCCCCC(NC)c1cc2sccc2s1. The van der Waals surface area contributed by atoms with Gasteiger partial charge in [-0.05, 0) is 31.0 Å². The van der Waals surface area contributed by atoms with E-state index in [0.717, 1.165) is 0 Å². The third-order valence-corrected chi connectivity index (χ3v) is 5.15. The van der Waals surface area contributed by atoms with E-state index in [2.05, 4.69) is 36.8 Å². The summed E-state index contributed by atoms with van der Waals surface area (Å²) >= 11 is 3.79. The van der Waals surface area contributed by atoms with E-state index in [1.54, 1.807) is 0 Å². The fourth-order valence-corrected chi connectivity index (χ4v) is 4.25. The highest BCUT2D eigenvalue weighted by atomic mass is 32.1. The lowest BCUT2D eigenvalue weighted by Gasteiger charge is -2.13. The van der Waals surface area contributed by atoms with Crippen molar-refractivity contribution in [3.05, 3.63) is 22.4 Å². The minimum absolute atomic E-state index is 0.552. The van der Waals surface area contributed by atoms with Crippen LogP contribution in [0.3, 0.4) is 0 Å². The van der Waals surface area contributed by atoms with Gasteiger partial charge in [0, 0.05) is 20.3 Å². The van der Waals surface area contributed by atoms with Crippen LogP contribution in [0, 0.1) is 0 Å². The molecule has 88 valence electrons. The maximum absolute atomic E-state index is 3.44. The first-order valence-corrected chi connectivity index (χ1v) is 7.69. The Balaban J connectivity index is 2.05. The molecule has 0 saturated carbocycles. The number of rotatable bonds is 6. The zero-order chi connectivity index (χ0) is 11.4. The van der Waals surface area contributed by atoms with Gasteiger partial charge < -0.3 is 5.32 Å². The zero-order valence-electron chi connectivity index (χ0n) is 9.95. The van der Waals surface area contributed by atoms with Crippen LogP contribution < -0.4 is 5.32 Å². The third kappa shape index (κ3) is 2.65. The second-order valence-electron chi connectivity index (χ2n) is 4.13. The normalized spacial score (nSPS) is 13.4. The topological polar surface area (TPSA) is 12.0 Å². The number of hydrogen-bond donors (Lipinski definition) is 1. The average molecular weight is 253 g/mol. The van der Waals surface area contributed by atoms with Gasteiger partial charge in [0.25, 0.3) is 0 Å². The predicted molar refractivity (Wildman–Crippen MR) is 75.6 cm³/mol. The maximum Gasteiger partial charge on any atom is 0.0454 e. The highest BCUT2D eigenvalue weighted by molar-refractivity contribution is 7.26. The summed E-state index contributed by atoms with van der Waals surface area (Å²) in [6, 6.07) is 5.14. The van der Waals surface area contributed by atoms with Crippen molar-refractivity contribution >= 4 is 32.1 Å². The Morgan fingerprint density at radius 2 is 2.19 bits per heavy atom. The first-order chi connectivity index (χ1) is 7.85. The Morgan fingerprint density at radius 3 is 2.88 bits per heavy atom. The van der Waals surface area contributed by atoms with Crippen molar-refractivity contribution in [3.63, 3.8) is 0 Å². The molecule has 0 amide bonds. The van der Waals surface area contributed by atoms with Gasteiger partial charge in [0.2, 0.25) is 0 Å². The lowest BCUT2D eigenvalue weighted by Crippen LogP contribution is -2.14. The molecule has 0 bridgehead atoms. The van der Waals surface area contributed by atoms with E-state index < -0.39 is 0 Å². The van der Waals surface area contributed by atoms with Crippen molar-refractivity contribution in [2.24, 2.45) is 0 Å². The van der Waals surface area contributed by atoms with Gasteiger partial charge in [-0.15, -0.1) is 22.7 Å². The second kappa shape index (κ2) is 5.80. The molecule has 3 heteroatoms. The number of fused-ring (bicyclic) bond motifs is 1. The smallest absolute Gasteiger partial charge is 0.0454 e. The van der Waals surface area contributed by atoms with Crippen LogP contribution in [0.15, 0.2) is 17.5 Å². The molecule has 0 saturated heterocycles. The van der Waals surface area contributed by atoms with E-state index in [9.17, 15) is 0 Å². The molecule has 0 aliphatic heterocycles. The summed E-state index contributed by atoms with van der Waals surface area (Å²) in [6.45, 7) is 2.26. The molecule has 0 aliphatic carbocycles. The van der Waals surface area contributed by atoms with Gasteiger partial charge in [-0.3, -0.25) is 0 Å². The fraction of sp³-hybridized carbons (Fsp3) is 0.538. The van der Waals surface area contributed by atoms with Gasteiger partial charge in [-0.2, -0.15) is 0 Å². The molecule has 0 fully saturated rings. The Kier molecular flexibility index (Phi) is 4.38. The summed E-state index contributed by atoms with van der Waals surface area (Å²) in [5.74, 6) is 0. The summed E-state index contributed by atoms with van der Waals surface area (Å²) in [4.78, 5) is 1.50. The fourth-order valence-electron chi connectivity index (χ4n) is 1.98. The van der Waals surface area contributed by atoms with Crippen LogP contribution in [0.2, 0.25) is 0 Å². The number of thiophene rings is 2. The minimum atomic E-state index is 0.552. The molecule has 1 nitrogen and oxygen atoms in total. The van der Waals surface area contributed by atoms with E-state index >= 15 is 0 Å². The minimum Gasteiger partial charge on any atom is -0.312 e. The monoisotopic (exact) mass is 253 g/mol. The molecular weight excluding hydrogens is 234 g/mol. The quantitative estimate of drug-likeness (QED) is 0.729. The first kappa shape index (κ1) is 12.1. The molecule has 2 rings (SSSR count). The lowest BCUT2D eigenvalue weighted by atomic mass is 10.1. The molecule has 0 radical (unpaired) electrons. The number of hydrogen-bond acceptors (Lipinski definition) is 3. The Morgan fingerprint density at radius 1 is 1.31 bits per heavy atom. The van der Waals surface area contributed by atoms with Crippen LogP contribution in [-0.4, -0.2) is 7.05 Å². The summed E-state index contributed by atoms with van der Waals surface area (Å²) in [5, 5.41) is 5.62. The van der Waals surface area contributed by atoms with Crippen LogP contribution in [-0.2, 0) is 0 Å². The highest BCUT2D eigenvalue weighted by Gasteiger charge is 2.12. The van der Waals surface area contributed by atoms with Crippen molar-refractivity contribution in [1.29, 1.82) is 0 Å². The van der Waals surface area contributed by atoms with Crippen LogP contribution >= 0.6 is 22.7 Å². The molecule has 0 aliphatic rings. The van der Waals surface area contributed by atoms with Gasteiger partial charge in [-0.25, -0.2) is 0 Å². The molecule has 0 aromatic carbocycles. The van der Waals surface area contributed by atoms with Crippen LogP contribution in [0.25, 0.3) is 9.40 Å². The first-order valence-electron chi connectivity index (χ1n) is 5.99. The average Bonchev–Trinajstić information content (AvgIpc) is 2.84. The molecule has 1 N–H and O–H groups in total. The van der Waals surface area contributed by atoms with E-state index in [-0.39, 0.29) is 0 Å². The summed E-state index contributed by atoms with van der Waals surface area (Å²) < 4.78 is 2.88. The van der Waals surface area contributed by atoms with E-state index in [0.29, 0.717) is 6.04 Å². The van der Waals surface area contributed by atoms with Gasteiger partial charge >= 0.3 is 0 Å². The van der Waals surface area contributed by atoms with E-state index in [1.807, 2.05) is 22.7 Å². The van der Waals surface area contributed by atoms with Gasteiger partial charge in [0.15, 0.2) is 0 Å². The largest absolute Gasteiger partial charge is 0.312 e. The van der Waals surface area contributed by atoms with Crippen LogP contribution in [0.5, 0.6) is 0 Å². The Labute approximate surface area is 105 Å². The van der Waals surface area contributed by atoms with Gasteiger partial charge in [0.05, 0.1) is 0 Å². The zero-order valence-corrected chi connectivity index (χ0v) is 11.6. The van der Waals surface area contributed by atoms with E-state index in [4.69, 9.17) is 0 Å². The summed E-state index contributed by atoms with van der Waals surface area (Å²) in [7, 11) is 2.07. The van der Waals surface area contributed by atoms with Crippen molar-refractivity contribution in [2.75, 3.05) is 7.05 Å². The Hall–Kier alpha value is -0.380. The lowest BCUT2D eigenvalue weighted by molar-refractivity contribution is 0.519. The molecule has 2 heterocycles. The van der Waals surface area contributed by atoms with Gasteiger partial charge in [0.1, 0.15) is 0 Å².